The molecule has 0 spiro atoms. The molecule has 0 aromatic carbocycles. The Bertz CT molecular complexity index is 337. The van der Waals surface area contributed by atoms with E-state index < -0.39 is 0 Å². The minimum Gasteiger partial charge on any atom is -0.342 e. The first-order valence-electron chi connectivity index (χ1n) is 7.79. The Hall–Kier alpha value is -1.06. The van der Waals surface area contributed by atoms with Gasteiger partial charge in [-0.25, -0.2) is 0 Å². The first-order valence-corrected chi connectivity index (χ1v) is 7.79. The third-order valence-electron chi connectivity index (χ3n) is 4.50. The van der Waals surface area contributed by atoms with E-state index in [0.29, 0.717) is 18.9 Å². The number of nitrogens with zero attached hydrogens (tertiary/aromatic N) is 1. The minimum atomic E-state index is -0.262. The highest BCUT2D eigenvalue weighted by molar-refractivity contribution is 5.97. The molecule has 108 valence electrons. The van der Waals surface area contributed by atoms with Crippen molar-refractivity contribution in [3.63, 3.8) is 0 Å². The number of piperazine rings is 1. The Morgan fingerprint density at radius 3 is 2.42 bits per heavy atom. The number of carbonyl (C=O) groups excluding carboxylic acids is 2. The summed E-state index contributed by atoms with van der Waals surface area (Å²) in [7, 11) is 0. The lowest BCUT2D eigenvalue weighted by molar-refractivity contribution is -0.151. The molecule has 2 fully saturated rings. The standard InChI is InChI=1S/C15H26N2O2/c1-3-10-17-12(4-2)14(18)16-13(15(17)19)11-8-6-5-7-9-11/h11-13H,3-10H2,1-2H3,(H,16,18). The van der Waals surface area contributed by atoms with E-state index in [1.807, 2.05) is 11.8 Å². The zero-order chi connectivity index (χ0) is 13.8. The molecule has 0 aromatic heterocycles. The van der Waals surface area contributed by atoms with E-state index in [-0.39, 0.29) is 23.9 Å². The van der Waals surface area contributed by atoms with E-state index in [4.69, 9.17) is 0 Å². The van der Waals surface area contributed by atoms with Crippen LogP contribution in [0.25, 0.3) is 0 Å². The number of carbonyl (C=O) groups is 2. The molecular formula is C15H26N2O2. The van der Waals surface area contributed by atoms with Gasteiger partial charge in [0.05, 0.1) is 0 Å². The lowest BCUT2D eigenvalue weighted by Crippen LogP contribution is -2.65. The Labute approximate surface area is 115 Å². The van der Waals surface area contributed by atoms with Gasteiger partial charge in [-0.15, -0.1) is 0 Å². The average Bonchev–Trinajstić information content (AvgIpc) is 2.44. The summed E-state index contributed by atoms with van der Waals surface area (Å²) in [6.07, 6.45) is 7.41. The maximum atomic E-state index is 12.6. The minimum absolute atomic E-state index is 0.0473. The molecule has 2 atom stereocenters. The summed E-state index contributed by atoms with van der Waals surface area (Å²) in [5, 5.41) is 3.00. The summed E-state index contributed by atoms with van der Waals surface area (Å²) < 4.78 is 0. The van der Waals surface area contributed by atoms with Gasteiger partial charge in [0.1, 0.15) is 12.1 Å². The van der Waals surface area contributed by atoms with Gasteiger partial charge in [0.2, 0.25) is 11.8 Å². The van der Waals surface area contributed by atoms with Crippen LogP contribution in [0.5, 0.6) is 0 Å². The molecule has 4 heteroatoms. The van der Waals surface area contributed by atoms with Gasteiger partial charge in [0.15, 0.2) is 0 Å². The molecule has 0 bridgehead atoms. The van der Waals surface area contributed by atoms with Crippen LogP contribution in [-0.2, 0) is 9.59 Å². The molecule has 1 N–H and O–H groups in total. The first-order chi connectivity index (χ1) is 9.19. The van der Waals surface area contributed by atoms with Gasteiger partial charge >= 0.3 is 0 Å². The third kappa shape index (κ3) is 2.93. The number of rotatable bonds is 4. The largest absolute Gasteiger partial charge is 0.342 e. The number of hydrogen-bond acceptors (Lipinski definition) is 2. The molecule has 1 heterocycles. The predicted octanol–water partition coefficient (Wildman–Crippen LogP) is 2.08. The van der Waals surface area contributed by atoms with Crippen molar-refractivity contribution < 1.29 is 9.59 Å². The van der Waals surface area contributed by atoms with E-state index in [1.165, 1.54) is 19.3 Å². The van der Waals surface area contributed by atoms with Crippen LogP contribution in [0.3, 0.4) is 0 Å². The molecule has 2 unspecified atom stereocenters. The summed E-state index contributed by atoms with van der Waals surface area (Å²) >= 11 is 0. The van der Waals surface area contributed by atoms with Crippen molar-refractivity contribution in [1.29, 1.82) is 0 Å². The molecule has 1 saturated heterocycles. The van der Waals surface area contributed by atoms with Crippen molar-refractivity contribution in [2.75, 3.05) is 6.54 Å². The fourth-order valence-corrected chi connectivity index (χ4v) is 3.48. The summed E-state index contributed by atoms with van der Waals surface area (Å²) in [5.41, 5.74) is 0. The number of nitrogens with one attached hydrogen (secondary N) is 1. The summed E-state index contributed by atoms with van der Waals surface area (Å²) in [4.78, 5) is 26.7. The molecule has 19 heavy (non-hydrogen) atoms. The fraction of sp³-hybridized carbons (Fsp3) is 0.867. The number of hydrogen-bond donors (Lipinski definition) is 1. The Kier molecular flexibility index (Phi) is 4.83. The quantitative estimate of drug-likeness (QED) is 0.847. The first kappa shape index (κ1) is 14.4. The second-order valence-electron chi connectivity index (χ2n) is 5.84. The summed E-state index contributed by atoms with van der Waals surface area (Å²) in [6.45, 7) is 4.73. The van der Waals surface area contributed by atoms with Crippen LogP contribution in [0, 0.1) is 5.92 Å². The second-order valence-corrected chi connectivity index (χ2v) is 5.84. The molecule has 2 amide bonds. The SMILES string of the molecule is CCCN1C(=O)C(C2CCCCC2)NC(=O)C1CC. The van der Waals surface area contributed by atoms with Crippen molar-refractivity contribution in [2.24, 2.45) is 5.92 Å². The van der Waals surface area contributed by atoms with Crippen LogP contribution < -0.4 is 5.32 Å². The Morgan fingerprint density at radius 2 is 1.84 bits per heavy atom. The van der Waals surface area contributed by atoms with Gasteiger partial charge in [0, 0.05) is 6.54 Å². The second kappa shape index (κ2) is 6.40. The molecular weight excluding hydrogens is 240 g/mol. The van der Waals surface area contributed by atoms with E-state index in [0.717, 1.165) is 19.3 Å². The van der Waals surface area contributed by atoms with Gasteiger partial charge in [-0.1, -0.05) is 33.1 Å². The highest BCUT2D eigenvalue weighted by atomic mass is 16.2. The summed E-state index contributed by atoms with van der Waals surface area (Å²) in [5.74, 6) is 0.550. The lowest BCUT2D eigenvalue weighted by atomic mass is 9.82. The van der Waals surface area contributed by atoms with Crippen LogP contribution in [0.15, 0.2) is 0 Å². The molecule has 0 aromatic rings. The molecule has 1 aliphatic heterocycles. The maximum Gasteiger partial charge on any atom is 0.246 e. The van der Waals surface area contributed by atoms with E-state index in [9.17, 15) is 9.59 Å². The van der Waals surface area contributed by atoms with Crippen LogP contribution in [-0.4, -0.2) is 35.3 Å². The third-order valence-corrected chi connectivity index (χ3v) is 4.50. The zero-order valence-corrected chi connectivity index (χ0v) is 12.2. The highest BCUT2D eigenvalue weighted by Crippen LogP contribution is 2.29. The van der Waals surface area contributed by atoms with Crippen LogP contribution in [0.1, 0.15) is 58.8 Å². The van der Waals surface area contributed by atoms with E-state index >= 15 is 0 Å². The topological polar surface area (TPSA) is 49.4 Å². The van der Waals surface area contributed by atoms with Crippen LogP contribution >= 0.6 is 0 Å². The maximum absolute atomic E-state index is 12.6. The molecule has 1 aliphatic carbocycles. The van der Waals surface area contributed by atoms with Crippen molar-refractivity contribution in [3.8, 4) is 0 Å². The summed E-state index contributed by atoms with van der Waals surface area (Å²) in [6, 6.07) is -0.519. The van der Waals surface area contributed by atoms with Crippen molar-refractivity contribution in [1.82, 2.24) is 10.2 Å². The van der Waals surface area contributed by atoms with Crippen LogP contribution in [0.4, 0.5) is 0 Å². The fourth-order valence-electron chi connectivity index (χ4n) is 3.48. The zero-order valence-electron chi connectivity index (χ0n) is 12.2. The highest BCUT2D eigenvalue weighted by Gasteiger charge is 2.42. The Morgan fingerprint density at radius 1 is 1.16 bits per heavy atom. The average molecular weight is 266 g/mol. The van der Waals surface area contributed by atoms with Crippen molar-refractivity contribution >= 4 is 11.8 Å². The molecule has 2 aliphatic rings. The van der Waals surface area contributed by atoms with E-state index in [2.05, 4.69) is 12.2 Å². The molecule has 4 nitrogen and oxygen atoms in total. The van der Waals surface area contributed by atoms with Gasteiger partial charge in [-0.2, -0.15) is 0 Å². The lowest BCUT2D eigenvalue weighted by Gasteiger charge is -2.42. The van der Waals surface area contributed by atoms with Crippen molar-refractivity contribution in [3.05, 3.63) is 0 Å². The molecule has 1 saturated carbocycles. The van der Waals surface area contributed by atoms with Gasteiger partial charge in [0.25, 0.3) is 0 Å². The molecule has 0 radical (unpaired) electrons. The normalized spacial score (nSPS) is 29.5. The number of amides is 2. The van der Waals surface area contributed by atoms with E-state index in [1.54, 1.807) is 0 Å². The Balaban J connectivity index is 2.12. The van der Waals surface area contributed by atoms with Gasteiger partial charge in [-0.3, -0.25) is 9.59 Å². The smallest absolute Gasteiger partial charge is 0.246 e. The van der Waals surface area contributed by atoms with Gasteiger partial charge < -0.3 is 10.2 Å². The molecule has 2 rings (SSSR count). The van der Waals surface area contributed by atoms with Gasteiger partial charge in [-0.05, 0) is 31.6 Å². The van der Waals surface area contributed by atoms with Crippen molar-refractivity contribution in [2.45, 2.75) is 70.9 Å². The monoisotopic (exact) mass is 266 g/mol. The van der Waals surface area contributed by atoms with Crippen LogP contribution in [0.2, 0.25) is 0 Å². The predicted molar refractivity (Wildman–Crippen MR) is 74.6 cm³/mol.